The summed E-state index contributed by atoms with van der Waals surface area (Å²) in [4.78, 5) is 20.7. The lowest BCUT2D eigenvalue weighted by molar-refractivity contribution is -0.393. The highest BCUT2D eigenvalue weighted by Gasteiger charge is 2.19. The van der Waals surface area contributed by atoms with Crippen molar-refractivity contribution >= 4 is 55.1 Å². The summed E-state index contributed by atoms with van der Waals surface area (Å²) in [5.41, 5.74) is 3.31. The van der Waals surface area contributed by atoms with E-state index in [1.54, 1.807) is 12.1 Å². The minimum atomic E-state index is -0.720. The van der Waals surface area contributed by atoms with Gasteiger partial charge in [-0.05, 0) is 57.4 Å². The van der Waals surface area contributed by atoms with Crippen molar-refractivity contribution in [2.24, 2.45) is 5.10 Å². The molecule has 1 N–H and O–H groups in total. The smallest absolute Gasteiger partial charge is 0.301 e. The molecule has 3 aromatic carbocycles. The normalized spacial score (nSPS) is 10.8. The fraction of sp³-hybridized carbons (Fsp3) is 0.0952. The topological polar surface area (TPSA) is 129 Å². The monoisotopic (exact) mass is 578 g/mol. The number of nitro benzene ring substituents is 2. The first kappa shape index (κ1) is 24.1. The summed E-state index contributed by atoms with van der Waals surface area (Å²) < 4.78 is 12.9. The van der Waals surface area contributed by atoms with E-state index in [1.807, 2.05) is 24.3 Å². The Bertz CT molecular complexity index is 1220. The second kappa shape index (κ2) is 10.9. The fourth-order valence-corrected chi connectivity index (χ4v) is 3.58. The molecule has 33 heavy (non-hydrogen) atoms. The Morgan fingerprint density at radius 3 is 2.39 bits per heavy atom. The number of benzene rings is 3. The lowest BCUT2D eigenvalue weighted by Crippen LogP contribution is -2.00. The third kappa shape index (κ3) is 6.26. The zero-order chi connectivity index (χ0) is 24.0. The van der Waals surface area contributed by atoms with Crippen LogP contribution in [0.2, 0.25) is 0 Å². The number of halogens is 2. The van der Waals surface area contributed by atoms with Crippen LogP contribution in [0.3, 0.4) is 0 Å². The van der Waals surface area contributed by atoms with Gasteiger partial charge in [-0.25, -0.2) is 0 Å². The van der Waals surface area contributed by atoms with Gasteiger partial charge in [-0.2, -0.15) is 5.10 Å². The van der Waals surface area contributed by atoms with Crippen LogP contribution in [0.25, 0.3) is 0 Å². The van der Waals surface area contributed by atoms with Crippen LogP contribution in [0, 0.1) is 20.2 Å². The molecule has 170 valence electrons. The van der Waals surface area contributed by atoms with Crippen LogP contribution in [0.4, 0.5) is 17.1 Å². The number of nitrogens with zero attached hydrogens (tertiary/aromatic N) is 3. The molecule has 0 aliphatic heterocycles. The molecule has 0 atom stereocenters. The second-order valence-electron chi connectivity index (χ2n) is 6.53. The predicted molar refractivity (Wildman–Crippen MR) is 130 cm³/mol. The van der Waals surface area contributed by atoms with Crippen molar-refractivity contribution in [3.8, 4) is 11.5 Å². The molecule has 0 spiro atoms. The summed E-state index contributed by atoms with van der Waals surface area (Å²) in [6.07, 6.45) is 1.43. The zero-order valence-electron chi connectivity index (χ0n) is 17.0. The molecule has 3 aromatic rings. The summed E-state index contributed by atoms with van der Waals surface area (Å²) in [7, 11) is 1.51. The number of nitrogens with one attached hydrogen (secondary N) is 1. The van der Waals surface area contributed by atoms with Gasteiger partial charge in [0.25, 0.3) is 5.69 Å². The first-order valence-electron chi connectivity index (χ1n) is 9.25. The SMILES string of the molecule is COc1cc(/C=N\Nc2ccc([N+](=O)[O-])cc2[N+](=O)[O-])cc(Br)c1OCc1ccc(Br)cc1. The van der Waals surface area contributed by atoms with E-state index >= 15 is 0 Å². The van der Waals surface area contributed by atoms with Crippen LogP contribution in [-0.2, 0) is 6.61 Å². The molecule has 0 saturated carbocycles. The summed E-state index contributed by atoms with van der Waals surface area (Å²) in [5, 5.41) is 26.1. The third-order valence-corrected chi connectivity index (χ3v) is 5.45. The summed E-state index contributed by atoms with van der Waals surface area (Å²) in [6.45, 7) is 0.334. The number of hydrazone groups is 1. The van der Waals surface area contributed by atoms with Gasteiger partial charge >= 0.3 is 5.69 Å². The van der Waals surface area contributed by atoms with Crippen molar-refractivity contribution in [3.63, 3.8) is 0 Å². The van der Waals surface area contributed by atoms with E-state index in [9.17, 15) is 20.2 Å². The van der Waals surface area contributed by atoms with Gasteiger partial charge in [-0.15, -0.1) is 0 Å². The summed E-state index contributed by atoms with van der Waals surface area (Å²) >= 11 is 6.86. The van der Waals surface area contributed by atoms with Gasteiger partial charge in [-0.3, -0.25) is 25.7 Å². The van der Waals surface area contributed by atoms with E-state index in [-0.39, 0.29) is 11.4 Å². The van der Waals surface area contributed by atoms with Crippen LogP contribution in [-0.4, -0.2) is 23.2 Å². The van der Waals surface area contributed by atoms with Crippen LogP contribution < -0.4 is 14.9 Å². The highest BCUT2D eigenvalue weighted by molar-refractivity contribution is 9.10. The highest BCUT2D eigenvalue weighted by Crippen LogP contribution is 2.37. The molecule has 0 unspecified atom stereocenters. The average molecular weight is 580 g/mol. The number of nitro groups is 2. The van der Waals surface area contributed by atoms with E-state index < -0.39 is 15.5 Å². The van der Waals surface area contributed by atoms with E-state index in [0.717, 1.165) is 22.2 Å². The number of ether oxygens (including phenoxy) is 2. The molecule has 10 nitrogen and oxygen atoms in total. The highest BCUT2D eigenvalue weighted by atomic mass is 79.9. The lowest BCUT2D eigenvalue weighted by Gasteiger charge is -2.13. The van der Waals surface area contributed by atoms with E-state index in [4.69, 9.17) is 9.47 Å². The molecule has 3 rings (SSSR count). The van der Waals surface area contributed by atoms with Crippen molar-refractivity contribution in [3.05, 3.63) is 94.9 Å². The number of hydrogen-bond donors (Lipinski definition) is 1. The lowest BCUT2D eigenvalue weighted by atomic mass is 10.2. The molecule has 0 aliphatic rings. The molecule has 12 heteroatoms. The average Bonchev–Trinajstić information content (AvgIpc) is 2.79. The van der Waals surface area contributed by atoms with Gasteiger partial charge < -0.3 is 9.47 Å². The Hall–Kier alpha value is -3.51. The van der Waals surface area contributed by atoms with Crippen molar-refractivity contribution in [1.82, 2.24) is 0 Å². The fourth-order valence-electron chi connectivity index (χ4n) is 2.75. The number of rotatable bonds is 9. The maximum Gasteiger partial charge on any atom is 0.301 e. The number of anilines is 1. The molecule has 0 heterocycles. The number of methoxy groups -OCH3 is 1. The molecular weight excluding hydrogens is 564 g/mol. The van der Waals surface area contributed by atoms with Crippen molar-refractivity contribution < 1.29 is 19.3 Å². The summed E-state index contributed by atoms with van der Waals surface area (Å²) in [5.74, 6) is 0.973. The molecule has 0 bridgehead atoms. The Labute approximate surface area is 204 Å². The van der Waals surface area contributed by atoms with Crippen molar-refractivity contribution in [2.75, 3.05) is 12.5 Å². The minimum absolute atomic E-state index is 0.0160. The van der Waals surface area contributed by atoms with Crippen molar-refractivity contribution in [2.45, 2.75) is 6.61 Å². The Morgan fingerprint density at radius 1 is 1.03 bits per heavy atom. The molecule has 0 saturated heterocycles. The van der Waals surface area contributed by atoms with Crippen LogP contribution in [0.5, 0.6) is 11.5 Å². The predicted octanol–water partition coefficient (Wildman–Crippen LogP) is 6.06. The molecule has 0 aromatic heterocycles. The third-order valence-electron chi connectivity index (χ3n) is 4.34. The first-order valence-corrected chi connectivity index (χ1v) is 10.8. The first-order chi connectivity index (χ1) is 15.8. The van der Waals surface area contributed by atoms with Gasteiger partial charge in [0.15, 0.2) is 11.5 Å². The van der Waals surface area contributed by atoms with Crippen LogP contribution in [0.1, 0.15) is 11.1 Å². The standard InChI is InChI=1S/C21H16Br2N4O6/c1-32-20-9-14(8-17(23)21(20)33-12-13-2-4-15(22)5-3-13)11-24-25-18-7-6-16(26(28)29)10-19(18)27(30)31/h2-11,25H,12H2,1H3/b24-11-. The van der Waals surface area contributed by atoms with Gasteiger partial charge in [0.05, 0.1) is 33.7 Å². The zero-order valence-corrected chi connectivity index (χ0v) is 20.2. The van der Waals surface area contributed by atoms with Crippen LogP contribution >= 0.6 is 31.9 Å². The maximum absolute atomic E-state index is 11.2. The van der Waals surface area contributed by atoms with E-state index in [2.05, 4.69) is 42.4 Å². The summed E-state index contributed by atoms with van der Waals surface area (Å²) in [6, 6.07) is 14.4. The Kier molecular flexibility index (Phi) is 7.96. The number of non-ortho nitro benzene ring substituents is 1. The number of hydrogen-bond acceptors (Lipinski definition) is 8. The van der Waals surface area contributed by atoms with Gasteiger partial charge in [0.2, 0.25) is 0 Å². The van der Waals surface area contributed by atoms with Gasteiger partial charge in [-0.1, -0.05) is 28.1 Å². The van der Waals surface area contributed by atoms with Gasteiger partial charge in [0.1, 0.15) is 12.3 Å². The quantitative estimate of drug-likeness (QED) is 0.185. The van der Waals surface area contributed by atoms with E-state index in [1.165, 1.54) is 19.4 Å². The molecule has 0 amide bonds. The minimum Gasteiger partial charge on any atom is -0.493 e. The van der Waals surface area contributed by atoms with E-state index in [0.29, 0.717) is 28.1 Å². The Morgan fingerprint density at radius 2 is 1.76 bits per heavy atom. The molecule has 0 radical (unpaired) electrons. The molecule has 0 aliphatic carbocycles. The van der Waals surface area contributed by atoms with Crippen molar-refractivity contribution in [1.29, 1.82) is 0 Å². The Balaban J connectivity index is 1.76. The molecule has 0 fully saturated rings. The second-order valence-corrected chi connectivity index (χ2v) is 8.30. The molecular formula is C21H16Br2N4O6. The maximum atomic E-state index is 11.2. The van der Waals surface area contributed by atoms with Gasteiger partial charge in [0, 0.05) is 10.5 Å². The van der Waals surface area contributed by atoms with Crippen LogP contribution in [0.15, 0.2) is 68.6 Å². The largest absolute Gasteiger partial charge is 0.493 e.